The topological polar surface area (TPSA) is 29.5 Å². The van der Waals surface area contributed by atoms with E-state index in [9.17, 15) is 18.3 Å². The van der Waals surface area contributed by atoms with E-state index in [1.807, 2.05) is 0 Å². The molecule has 0 aliphatic heterocycles. The first-order chi connectivity index (χ1) is 8.37. The van der Waals surface area contributed by atoms with Crippen LogP contribution in [-0.2, 0) is 4.74 Å². The van der Waals surface area contributed by atoms with Crippen LogP contribution in [0.1, 0.15) is 38.9 Å². The van der Waals surface area contributed by atoms with Crippen molar-refractivity contribution in [1.82, 2.24) is 0 Å². The van der Waals surface area contributed by atoms with Gasteiger partial charge in [-0.15, -0.1) is 0 Å². The zero-order chi connectivity index (χ0) is 13.9. The average Bonchev–Trinajstić information content (AvgIpc) is 2.35. The largest absolute Gasteiger partial charge is 0.385 e. The van der Waals surface area contributed by atoms with Crippen LogP contribution in [0.4, 0.5) is 13.2 Å². The fourth-order valence-electron chi connectivity index (χ4n) is 1.79. The monoisotopic (exact) mass is 262 g/mol. The van der Waals surface area contributed by atoms with Gasteiger partial charge >= 0.3 is 0 Å². The van der Waals surface area contributed by atoms with Crippen molar-refractivity contribution in [3.05, 3.63) is 35.1 Å². The summed E-state index contributed by atoms with van der Waals surface area (Å²) < 4.78 is 44.9. The van der Waals surface area contributed by atoms with Crippen molar-refractivity contribution < 1.29 is 23.0 Å². The van der Waals surface area contributed by atoms with Crippen LogP contribution in [0.15, 0.2) is 12.1 Å². The van der Waals surface area contributed by atoms with Crippen LogP contribution in [0.25, 0.3) is 0 Å². The third-order valence-electron chi connectivity index (χ3n) is 3.11. The molecule has 0 aliphatic carbocycles. The molecule has 0 heterocycles. The molecule has 0 fully saturated rings. The molecule has 102 valence electrons. The Morgan fingerprint density at radius 2 is 1.83 bits per heavy atom. The smallest absolute Gasteiger partial charge is 0.194 e. The quantitative estimate of drug-likeness (QED) is 0.825. The third-order valence-corrected chi connectivity index (χ3v) is 3.11. The number of hydrogen-bond acceptors (Lipinski definition) is 2. The minimum atomic E-state index is -1.58. The molecule has 0 saturated carbocycles. The maximum atomic E-state index is 13.6. The summed E-state index contributed by atoms with van der Waals surface area (Å²) in [6, 6.07) is 1.82. The Kier molecular flexibility index (Phi) is 4.76. The normalized spacial score (nSPS) is 16.4. The number of hydrogen-bond donors (Lipinski definition) is 1. The summed E-state index contributed by atoms with van der Waals surface area (Å²) in [5.74, 6) is -4.23. The van der Waals surface area contributed by atoms with E-state index < -0.39 is 29.2 Å². The lowest BCUT2D eigenvalue weighted by molar-refractivity contribution is -0.114. The van der Waals surface area contributed by atoms with Crippen molar-refractivity contribution in [3.63, 3.8) is 0 Å². The Morgan fingerprint density at radius 1 is 1.22 bits per heavy atom. The fraction of sp³-hybridized carbons (Fsp3) is 0.538. The van der Waals surface area contributed by atoms with Gasteiger partial charge in [-0.2, -0.15) is 0 Å². The van der Waals surface area contributed by atoms with Crippen LogP contribution in [-0.4, -0.2) is 17.3 Å². The zero-order valence-electron chi connectivity index (χ0n) is 10.6. The molecular formula is C13H17F3O2. The summed E-state index contributed by atoms with van der Waals surface area (Å²) in [7, 11) is 0. The van der Waals surface area contributed by atoms with Gasteiger partial charge in [0.1, 0.15) is 6.10 Å². The van der Waals surface area contributed by atoms with Gasteiger partial charge in [0.05, 0.1) is 5.60 Å². The van der Waals surface area contributed by atoms with Crippen molar-refractivity contribution in [2.45, 2.75) is 38.9 Å². The Balaban J connectivity index is 3.17. The molecule has 2 nitrogen and oxygen atoms in total. The highest BCUT2D eigenvalue weighted by Gasteiger charge is 2.35. The van der Waals surface area contributed by atoms with Crippen molar-refractivity contribution in [1.29, 1.82) is 0 Å². The first-order valence-corrected chi connectivity index (χ1v) is 5.82. The van der Waals surface area contributed by atoms with Gasteiger partial charge in [0.15, 0.2) is 17.5 Å². The van der Waals surface area contributed by atoms with Crippen LogP contribution < -0.4 is 0 Å². The SMILES string of the molecule is CCOC(C)(CC)C(O)c1ccc(F)c(F)c1F. The second-order valence-electron chi connectivity index (χ2n) is 4.27. The highest BCUT2D eigenvalue weighted by molar-refractivity contribution is 5.24. The molecule has 0 saturated heterocycles. The molecule has 18 heavy (non-hydrogen) atoms. The maximum absolute atomic E-state index is 13.6. The summed E-state index contributed by atoms with van der Waals surface area (Å²) in [6.07, 6.45) is -0.960. The number of aliphatic hydroxyl groups is 1. The molecule has 0 bridgehead atoms. The number of benzene rings is 1. The van der Waals surface area contributed by atoms with Gasteiger partial charge in [0, 0.05) is 12.2 Å². The molecule has 0 amide bonds. The minimum absolute atomic E-state index is 0.299. The maximum Gasteiger partial charge on any atom is 0.194 e. The van der Waals surface area contributed by atoms with E-state index >= 15 is 0 Å². The number of aliphatic hydroxyl groups excluding tert-OH is 1. The van der Waals surface area contributed by atoms with Crippen LogP contribution in [0.5, 0.6) is 0 Å². The molecule has 1 aromatic carbocycles. The predicted octanol–water partition coefficient (Wildman–Crippen LogP) is 3.34. The van der Waals surface area contributed by atoms with Crippen LogP contribution in [0, 0.1) is 17.5 Å². The summed E-state index contributed by atoms with van der Waals surface area (Å²) in [6.45, 7) is 5.42. The lowest BCUT2D eigenvalue weighted by atomic mass is 9.89. The van der Waals surface area contributed by atoms with Crippen molar-refractivity contribution in [2.24, 2.45) is 0 Å². The van der Waals surface area contributed by atoms with E-state index in [-0.39, 0.29) is 5.56 Å². The van der Waals surface area contributed by atoms with Gasteiger partial charge < -0.3 is 9.84 Å². The van der Waals surface area contributed by atoms with Crippen LogP contribution >= 0.6 is 0 Å². The summed E-state index contributed by atoms with van der Waals surface area (Å²) in [4.78, 5) is 0. The lowest BCUT2D eigenvalue weighted by Crippen LogP contribution is -2.36. The van der Waals surface area contributed by atoms with Gasteiger partial charge in [-0.1, -0.05) is 13.0 Å². The molecule has 0 spiro atoms. The average molecular weight is 262 g/mol. The van der Waals surface area contributed by atoms with Gasteiger partial charge in [-0.25, -0.2) is 13.2 Å². The Bertz CT molecular complexity index is 423. The fourth-order valence-corrected chi connectivity index (χ4v) is 1.79. The highest BCUT2D eigenvalue weighted by atomic mass is 19.2. The van der Waals surface area contributed by atoms with E-state index in [0.29, 0.717) is 13.0 Å². The molecule has 2 unspecified atom stereocenters. The van der Waals surface area contributed by atoms with Crippen molar-refractivity contribution in [3.8, 4) is 0 Å². The molecule has 0 aliphatic rings. The van der Waals surface area contributed by atoms with Crippen molar-refractivity contribution in [2.75, 3.05) is 6.61 Å². The lowest BCUT2D eigenvalue weighted by Gasteiger charge is -2.33. The molecule has 1 aromatic rings. The first kappa shape index (κ1) is 15.0. The highest BCUT2D eigenvalue weighted by Crippen LogP contribution is 2.34. The second-order valence-corrected chi connectivity index (χ2v) is 4.27. The summed E-state index contributed by atoms with van der Waals surface area (Å²) in [5.41, 5.74) is -1.34. The first-order valence-electron chi connectivity index (χ1n) is 5.82. The Labute approximate surface area is 104 Å². The van der Waals surface area contributed by atoms with E-state index in [2.05, 4.69) is 0 Å². The van der Waals surface area contributed by atoms with Crippen molar-refractivity contribution >= 4 is 0 Å². The van der Waals surface area contributed by atoms with E-state index in [0.717, 1.165) is 12.1 Å². The summed E-state index contributed by atoms with van der Waals surface area (Å²) in [5, 5.41) is 10.1. The molecule has 1 rings (SSSR count). The standard InChI is InChI=1S/C13H17F3O2/c1-4-13(3,18-5-2)12(17)8-6-7-9(14)11(16)10(8)15/h6-7,12,17H,4-5H2,1-3H3. The Hall–Kier alpha value is -1.07. The number of ether oxygens (including phenoxy) is 1. The van der Waals surface area contributed by atoms with E-state index in [1.54, 1.807) is 20.8 Å². The van der Waals surface area contributed by atoms with E-state index in [1.165, 1.54) is 0 Å². The molecular weight excluding hydrogens is 245 g/mol. The van der Waals surface area contributed by atoms with Gasteiger partial charge in [0.2, 0.25) is 0 Å². The molecule has 0 radical (unpaired) electrons. The molecule has 2 atom stereocenters. The zero-order valence-corrected chi connectivity index (χ0v) is 10.6. The molecule has 5 heteroatoms. The van der Waals surface area contributed by atoms with Gasteiger partial charge in [0.25, 0.3) is 0 Å². The van der Waals surface area contributed by atoms with E-state index in [4.69, 9.17) is 4.74 Å². The minimum Gasteiger partial charge on any atom is -0.385 e. The third kappa shape index (κ3) is 2.67. The number of halogens is 3. The van der Waals surface area contributed by atoms with Gasteiger partial charge in [-0.05, 0) is 26.3 Å². The van der Waals surface area contributed by atoms with Crippen LogP contribution in [0.2, 0.25) is 0 Å². The predicted molar refractivity (Wildman–Crippen MR) is 61.6 cm³/mol. The molecule has 0 aromatic heterocycles. The van der Waals surface area contributed by atoms with Crippen LogP contribution in [0.3, 0.4) is 0 Å². The molecule has 1 N–H and O–H groups in total. The van der Waals surface area contributed by atoms with Gasteiger partial charge in [-0.3, -0.25) is 0 Å². The summed E-state index contributed by atoms with van der Waals surface area (Å²) >= 11 is 0. The Morgan fingerprint density at radius 3 is 2.33 bits per heavy atom. The second kappa shape index (κ2) is 5.71. The number of rotatable bonds is 5.